The van der Waals surface area contributed by atoms with Crippen molar-refractivity contribution >= 4 is 49.1 Å². The van der Waals surface area contributed by atoms with E-state index in [-0.39, 0.29) is 11.9 Å². The Bertz CT molecular complexity index is 1180. The van der Waals surface area contributed by atoms with E-state index in [0.717, 1.165) is 21.6 Å². The van der Waals surface area contributed by atoms with Crippen LogP contribution in [-0.2, 0) is 10.0 Å². The highest BCUT2D eigenvalue weighted by Gasteiger charge is 2.27. The zero-order valence-electron chi connectivity index (χ0n) is 16.1. The highest BCUT2D eigenvalue weighted by molar-refractivity contribution is 7.88. The molecule has 29 heavy (non-hydrogen) atoms. The van der Waals surface area contributed by atoms with Crippen molar-refractivity contribution < 1.29 is 13.2 Å². The minimum atomic E-state index is -3.18. The van der Waals surface area contributed by atoms with E-state index in [4.69, 9.17) is 11.6 Å². The number of halogens is 1. The Kier molecular flexibility index (Phi) is 5.41. The number of fused-ring (bicyclic) bond motifs is 1. The van der Waals surface area contributed by atoms with Crippen LogP contribution >= 0.6 is 22.9 Å². The van der Waals surface area contributed by atoms with Gasteiger partial charge in [0.25, 0.3) is 5.91 Å². The molecule has 7 nitrogen and oxygen atoms in total. The summed E-state index contributed by atoms with van der Waals surface area (Å²) in [5.74, 6) is -0.144. The molecule has 154 valence electrons. The first kappa shape index (κ1) is 20.3. The Hall–Kier alpha value is -1.94. The SMILES string of the molecule is Cc1nn(-c2ccccc2Cl)c2sc(C(=O)NC3CCN(S(C)(=O)=O)CC3)cc12. The lowest BCUT2D eigenvalue weighted by Crippen LogP contribution is -2.46. The fourth-order valence-electron chi connectivity index (χ4n) is 3.53. The van der Waals surface area contributed by atoms with Crippen LogP contribution in [0.1, 0.15) is 28.2 Å². The van der Waals surface area contributed by atoms with Gasteiger partial charge in [0.15, 0.2) is 0 Å². The molecule has 0 unspecified atom stereocenters. The lowest BCUT2D eigenvalue weighted by Gasteiger charge is -2.30. The van der Waals surface area contributed by atoms with Gasteiger partial charge in [-0.05, 0) is 38.0 Å². The fraction of sp³-hybridized carbons (Fsp3) is 0.368. The molecule has 1 fully saturated rings. The summed E-state index contributed by atoms with van der Waals surface area (Å²) >= 11 is 7.70. The van der Waals surface area contributed by atoms with E-state index in [1.54, 1.807) is 4.68 Å². The van der Waals surface area contributed by atoms with Crippen LogP contribution in [0.5, 0.6) is 0 Å². The average molecular weight is 453 g/mol. The largest absolute Gasteiger partial charge is 0.349 e. The lowest BCUT2D eigenvalue weighted by atomic mass is 10.1. The maximum Gasteiger partial charge on any atom is 0.261 e. The summed E-state index contributed by atoms with van der Waals surface area (Å²) in [5.41, 5.74) is 1.60. The Morgan fingerprint density at radius 2 is 1.97 bits per heavy atom. The molecule has 1 saturated heterocycles. The molecule has 0 saturated carbocycles. The second kappa shape index (κ2) is 7.71. The first-order valence-corrected chi connectivity index (χ1v) is 12.3. The van der Waals surface area contributed by atoms with Gasteiger partial charge in [0.05, 0.1) is 27.5 Å². The van der Waals surface area contributed by atoms with Gasteiger partial charge in [-0.25, -0.2) is 17.4 Å². The van der Waals surface area contributed by atoms with Crippen LogP contribution in [-0.4, -0.2) is 53.8 Å². The van der Waals surface area contributed by atoms with Crippen LogP contribution in [0.2, 0.25) is 5.02 Å². The summed E-state index contributed by atoms with van der Waals surface area (Å²) in [4.78, 5) is 14.3. The van der Waals surface area contributed by atoms with Crippen LogP contribution in [0.4, 0.5) is 0 Å². The fourth-order valence-corrected chi connectivity index (χ4v) is 5.70. The minimum Gasteiger partial charge on any atom is -0.349 e. The van der Waals surface area contributed by atoms with Gasteiger partial charge >= 0.3 is 0 Å². The van der Waals surface area contributed by atoms with Crippen LogP contribution < -0.4 is 5.32 Å². The molecule has 0 bridgehead atoms. The second-order valence-electron chi connectivity index (χ2n) is 7.19. The molecule has 3 aromatic rings. The normalized spacial score (nSPS) is 16.4. The Morgan fingerprint density at radius 3 is 2.62 bits per heavy atom. The number of nitrogens with zero attached hydrogens (tertiary/aromatic N) is 3. The van der Waals surface area contributed by atoms with E-state index in [0.29, 0.717) is 35.8 Å². The standard InChI is InChI=1S/C19H21ClN4O3S2/c1-12-14-11-17(18(25)21-13-7-9-23(10-8-13)29(2,26)27)28-19(14)24(22-12)16-6-4-3-5-15(16)20/h3-6,11,13H,7-10H2,1-2H3,(H,21,25). The second-order valence-corrected chi connectivity index (χ2v) is 10.6. The number of rotatable bonds is 4. The molecule has 3 heterocycles. The predicted molar refractivity (Wildman–Crippen MR) is 116 cm³/mol. The van der Waals surface area contributed by atoms with Crippen molar-refractivity contribution in [1.82, 2.24) is 19.4 Å². The summed E-state index contributed by atoms with van der Waals surface area (Å²) in [6.45, 7) is 2.76. The number of benzene rings is 1. The Labute approximate surface area is 178 Å². The molecule has 1 aliphatic heterocycles. The molecule has 1 N–H and O–H groups in total. The number of para-hydroxylation sites is 1. The van der Waals surface area contributed by atoms with E-state index >= 15 is 0 Å². The molecule has 1 aromatic carbocycles. The van der Waals surface area contributed by atoms with Crippen LogP contribution in [0.15, 0.2) is 30.3 Å². The number of aryl methyl sites for hydroxylation is 1. The summed E-state index contributed by atoms with van der Waals surface area (Å²) < 4.78 is 26.5. The third-order valence-electron chi connectivity index (χ3n) is 5.11. The molecule has 1 amide bonds. The maximum absolute atomic E-state index is 12.8. The third-order valence-corrected chi connectivity index (χ3v) is 7.84. The minimum absolute atomic E-state index is 0.0353. The van der Waals surface area contributed by atoms with Gasteiger partial charge in [-0.15, -0.1) is 11.3 Å². The summed E-state index contributed by atoms with van der Waals surface area (Å²) in [5, 5.41) is 9.13. The molecule has 10 heteroatoms. The molecule has 1 aliphatic rings. The van der Waals surface area contributed by atoms with Crippen LogP contribution in [0.25, 0.3) is 15.9 Å². The molecule has 0 radical (unpaired) electrons. The van der Waals surface area contributed by atoms with Crippen molar-refractivity contribution in [3.63, 3.8) is 0 Å². The van der Waals surface area contributed by atoms with E-state index in [1.807, 2.05) is 37.3 Å². The first-order valence-electron chi connectivity index (χ1n) is 9.24. The molecule has 0 atom stereocenters. The highest BCUT2D eigenvalue weighted by atomic mass is 35.5. The van der Waals surface area contributed by atoms with Crippen LogP contribution in [0, 0.1) is 6.92 Å². The molecule has 4 rings (SSSR count). The lowest BCUT2D eigenvalue weighted by molar-refractivity contribution is 0.0928. The third kappa shape index (κ3) is 4.05. The van der Waals surface area contributed by atoms with Gasteiger partial charge in [-0.1, -0.05) is 23.7 Å². The number of carbonyl (C=O) groups is 1. The topological polar surface area (TPSA) is 84.3 Å². The highest BCUT2D eigenvalue weighted by Crippen LogP contribution is 2.32. The number of piperidine rings is 1. The van der Waals surface area contributed by atoms with Crippen molar-refractivity contribution in [2.75, 3.05) is 19.3 Å². The smallest absolute Gasteiger partial charge is 0.261 e. The van der Waals surface area contributed by atoms with Gasteiger partial charge in [0, 0.05) is 24.5 Å². The monoisotopic (exact) mass is 452 g/mol. The van der Waals surface area contributed by atoms with Gasteiger partial charge < -0.3 is 5.32 Å². The van der Waals surface area contributed by atoms with Crippen molar-refractivity contribution in [1.29, 1.82) is 0 Å². The Balaban J connectivity index is 1.54. The zero-order chi connectivity index (χ0) is 20.8. The van der Waals surface area contributed by atoms with Gasteiger partial charge in [-0.2, -0.15) is 5.10 Å². The number of sulfonamides is 1. The average Bonchev–Trinajstić information content (AvgIpc) is 3.23. The first-order chi connectivity index (χ1) is 13.7. The summed E-state index contributed by atoms with van der Waals surface area (Å²) in [7, 11) is -3.18. The predicted octanol–water partition coefficient (Wildman–Crippen LogP) is 3.20. The number of amides is 1. The van der Waals surface area contributed by atoms with E-state index in [9.17, 15) is 13.2 Å². The zero-order valence-corrected chi connectivity index (χ0v) is 18.4. The number of thiophene rings is 1. The molecule has 0 aliphatic carbocycles. The Morgan fingerprint density at radius 1 is 1.28 bits per heavy atom. The van der Waals surface area contributed by atoms with Crippen molar-refractivity contribution in [2.24, 2.45) is 0 Å². The van der Waals surface area contributed by atoms with Crippen molar-refractivity contribution in [3.8, 4) is 5.69 Å². The summed E-state index contributed by atoms with van der Waals surface area (Å²) in [6.07, 6.45) is 2.43. The number of hydrogen-bond acceptors (Lipinski definition) is 5. The van der Waals surface area contributed by atoms with Crippen molar-refractivity contribution in [2.45, 2.75) is 25.8 Å². The van der Waals surface area contributed by atoms with Crippen LogP contribution in [0.3, 0.4) is 0 Å². The molecular weight excluding hydrogens is 432 g/mol. The van der Waals surface area contributed by atoms with Gasteiger partial charge in [-0.3, -0.25) is 4.79 Å². The molecular formula is C19H21ClN4O3S2. The van der Waals surface area contributed by atoms with Gasteiger partial charge in [0.2, 0.25) is 10.0 Å². The summed E-state index contributed by atoms with van der Waals surface area (Å²) in [6, 6.07) is 9.28. The number of aromatic nitrogens is 2. The number of carbonyl (C=O) groups excluding carboxylic acids is 1. The van der Waals surface area contributed by atoms with Crippen molar-refractivity contribution in [3.05, 3.63) is 45.9 Å². The van der Waals surface area contributed by atoms with E-state index in [2.05, 4.69) is 10.4 Å². The molecule has 2 aromatic heterocycles. The number of nitrogens with one attached hydrogen (secondary N) is 1. The number of hydrogen-bond donors (Lipinski definition) is 1. The van der Waals surface area contributed by atoms with E-state index in [1.165, 1.54) is 21.9 Å². The van der Waals surface area contributed by atoms with E-state index < -0.39 is 10.0 Å². The quantitative estimate of drug-likeness (QED) is 0.658. The van der Waals surface area contributed by atoms with Gasteiger partial charge in [0.1, 0.15) is 4.83 Å². The molecule has 0 spiro atoms. The maximum atomic E-state index is 12.8.